The molecule has 8 atom stereocenters. The summed E-state index contributed by atoms with van der Waals surface area (Å²) in [5, 5.41) is 17.6. The van der Waals surface area contributed by atoms with Crippen LogP contribution in [0, 0.1) is 23.2 Å². The fourth-order valence-corrected chi connectivity index (χ4v) is 10.3. The number of aromatic nitrogens is 4. The predicted octanol–water partition coefficient (Wildman–Crippen LogP) is 3.36. The van der Waals surface area contributed by atoms with Gasteiger partial charge in [-0.3, -0.25) is 14.4 Å². The maximum Gasteiger partial charge on any atom is 0.255 e. The van der Waals surface area contributed by atoms with Gasteiger partial charge in [-0.1, -0.05) is 18.6 Å². The number of aliphatic hydroxyl groups excluding tert-OH is 1. The van der Waals surface area contributed by atoms with Crippen LogP contribution >= 0.6 is 0 Å². The molecule has 5 aliphatic rings. The lowest BCUT2D eigenvalue weighted by Gasteiger charge is -2.59. The molecule has 1 aromatic carbocycles. The van der Waals surface area contributed by atoms with Crippen molar-refractivity contribution < 1.29 is 28.6 Å². The molecule has 1 spiro atoms. The molecule has 290 valence electrons. The number of rotatable bonds is 11. The van der Waals surface area contributed by atoms with Crippen LogP contribution < -0.4 is 27.0 Å². The van der Waals surface area contributed by atoms with Gasteiger partial charge in [0.2, 0.25) is 5.95 Å². The number of halogens is 1. The number of hydrogen-bond acceptors (Lipinski definition) is 12. The van der Waals surface area contributed by atoms with E-state index in [-0.39, 0.29) is 47.6 Å². The summed E-state index contributed by atoms with van der Waals surface area (Å²) in [6.45, 7) is 5.17. The van der Waals surface area contributed by atoms with E-state index in [0.29, 0.717) is 61.3 Å². The Balaban J connectivity index is 0.785. The van der Waals surface area contributed by atoms with Crippen molar-refractivity contribution in [3.05, 3.63) is 65.5 Å². The number of nitrogens with zero attached hydrogens (tertiary/aromatic N) is 5. The molecule has 7 N–H and O–H groups in total. The fraction of sp³-hybridized carbons (Fsp3) is 0.525. The number of hydrogen-bond donors (Lipinski definition) is 5. The minimum Gasteiger partial charge on any atom is -0.390 e. The monoisotopic (exact) mass is 753 g/mol. The van der Waals surface area contributed by atoms with Crippen molar-refractivity contribution in [1.29, 1.82) is 0 Å². The number of ether oxygens (including phenoxy) is 1. The molecule has 55 heavy (non-hydrogen) atoms. The van der Waals surface area contributed by atoms with Crippen LogP contribution in [0.4, 0.5) is 21.8 Å². The number of nitrogen functional groups attached to an aromatic ring is 2. The molecule has 4 aliphatic carbocycles. The average Bonchev–Trinajstić information content (AvgIpc) is 3.77. The van der Waals surface area contributed by atoms with E-state index in [9.17, 15) is 19.5 Å². The number of aliphatic hydroxyl groups is 1. The van der Waals surface area contributed by atoms with Gasteiger partial charge in [0.25, 0.3) is 11.8 Å². The molecule has 1 saturated heterocycles. The summed E-state index contributed by atoms with van der Waals surface area (Å²) in [5.41, 5.74) is 10.2. The normalized spacial score (nSPS) is 32.8. The molecular formula is C40H48FN9O5. The lowest BCUT2D eigenvalue weighted by atomic mass is 9.48. The summed E-state index contributed by atoms with van der Waals surface area (Å²) in [5.74, 6) is -1.11. The van der Waals surface area contributed by atoms with E-state index >= 15 is 4.39 Å². The summed E-state index contributed by atoms with van der Waals surface area (Å²) in [6.07, 6.45) is 8.91. The second-order valence-corrected chi connectivity index (χ2v) is 16.2. The van der Waals surface area contributed by atoms with Gasteiger partial charge in [-0.05, 0) is 93.7 Å². The first-order valence-electron chi connectivity index (χ1n) is 19.2. The highest BCUT2D eigenvalue weighted by molar-refractivity contribution is 6.01. The smallest absolute Gasteiger partial charge is 0.255 e. The molecule has 3 heterocycles. The summed E-state index contributed by atoms with van der Waals surface area (Å²) in [7, 11) is 1.91. The topological polar surface area (TPSA) is 215 Å². The molecule has 0 radical (unpaired) electrons. The molecule has 4 fully saturated rings. The lowest BCUT2D eigenvalue weighted by Crippen LogP contribution is -2.66. The highest BCUT2D eigenvalue weighted by Crippen LogP contribution is 2.76. The number of carbonyl (C=O) groups is 3. The van der Waals surface area contributed by atoms with Gasteiger partial charge in [0.15, 0.2) is 34.0 Å². The second-order valence-electron chi connectivity index (χ2n) is 16.2. The van der Waals surface area contributed by atoms with Crippen LogP contribution in [0.1, 0.15) is 74.8 Å². The van der Waals surface area contributed by atoms with Crippen LogP contribution in [-0.4, -0.2) is 85.8 Å². The number of unbranched alkanes of at least 4 members (excludes halogenated alkanes) is 2. The molecule has 1 unspecified atom stereocenters. The first kappa shape index (κ1) is 36.9. The highest BCUT2D eigenvalue weighted by atomic mass is 19.1. The third-order valence-electron chi connectivity index (χ3n) is 13.2. The summed E-state index contributed by atoms with van der Waals surface area (Å²) in [4.78, 5) is 57.5. The maximum absolute atomic E-state index is 17.4. The number of alkyl halides is 1. The Morgan fingerprint density at radius 1 is 1.07 bits per heavy atom. The fourth-order valence-electron chi connectivity index (χ4n) is 10.3. The van der Waals surface area contributed by atoms with Crippen molar-refractivity contribution >= 4 is 46.2 Å². The Bertz CT molecular complexity index is 2130. The Labute approximate surface area is 318 Å². The molecule has 14 nitrogen and oxygen atoms in total. The van der Waals surface area contributed by atoms with Crippen molar-refractivity contribution in [2.75, 3.05) is 36.5 Å². The molecule has 8 rings (SSSR count). The first-order chi connectivity index (χ1) is 26.2. The van der Waals surface area contributed by atoms with E-state index in [1.807, 2.05) is 31.0 Å². The molecule has 0 bridgehead atoms. The third kappa shape index (κ3) is 5.68. The highest BCUT2D eigenvalue weighted by Gasteiger charge is 2.88. The lowest BCUT2D eigenvalue weighted by molar-refractivity contribution is -0.179. The number of nitrogens with two attached hydrogens (primary N) is 2. The van der Waals surface area contributed by atoms with E-state index in [1.165, 1.54) is 12.2 Å². The SMILES string of the molecule is C[C@@H]1C[C@H]2C3CCC4=CC(=O)C=C[C@]4(C)[C@@]3(F)[C@@H](O)C[C@@]23O[C@]13C(=O)NCCCCCNC(=O)c1ccc(N(C)Cc2cnc3nc(N)nc(N)c3n2)cc1. The van der Waals surface area contributed by atoms with Crippen LogP contribution in [0.15, 0.2) is 54.3 Å². The number of anilines is 3. The number of nitrogens with one attached hydrogen (secondary N) is 2. The average molecular weight is 754 g/mol. The van der Waals surface area contributed by atoms with Gasteiger partial charge in [0, 0.05) is 49.1 Å². The van der Waals surface area contributed by atoms with Gasteiger partial charge in [0.1, 0.15) is 5.60 Å². The van der Waals surface area contributed by atoms with Crippen molar-refractivity contribution in [2.45, 2.75) is 88.3 Å². The number of amides is 2. The summed E-state index contributed by atoms with van der Waals surface area (Å²) >= 11 is 0. The van der Waals surface area contributed by atoms with Gasteiger partial charge in [-0.15, -0.1) is 0 Å². The minimum atomic E-state index is -1.95. The number of ketones is 1. The molecule has 2 amide bonds. The van der Waals surface area contributed by atoms with Crippen LogP contribution in [0.2, 0.25) is 0 Å². The van der Waals surface area contributed by atoms with Crippen LogP contribution in [-0.2, 0) is 20.9 Å². The number of benzene rings is 1. The predicted molar refractivity (Wildman–Crippen MR) is 203 cm³/mol. The first-order valence-corrected chi connectivity index (χ1v) is 19.2. The maximum atomic E-state index is 17.4. The van der Waals surface area contributed by atoms with E-state index in [4.69, 9.17) is 16.2 Å². The molecule has 3 aromatic rings. The number of fused-ring (bicyclic) bond motifs is 5. The van der Waals surface area contributed by atoms with Gasteiger partial charge < -0.3 is 36.8 Å². The minimum absolute atomic E-state index is 0.0409. The molecular weight excluding hydrogens is 705 g/mol. The van der Waals surface area contributed by atoms with E-state index in [1.54, 1.807) is 31.3 Å². The molecule has 1 aliphatic heterocycles. The second kappa shape index (κ2) is 13.3. The van der Waals surface area contributed by atoms with Crippen LogP contribution in [0.3, 0.4) is 0 Å². The van der Waals surface area contributed by atoms with E-state index < -0.39 is 34.3 Å². The third-order valence-corrected chi connectivity index (χ3v) is 13.2. The number of epoxide rings is 1. The standard InChI is InChI=1S/C40H48FN9O5/c1-22-17-29-28-12-9-24-18-27(51)13-14-37(24,2)39(28,41)30(52)19-38(29)40(22,55-38)35(54)45-16-6-4-5-15-44-34(53)23-7-10-26(11-8-23)50(3)21-25-20-46-33-31(47-25)32(42)48-36(43)49-33/h7-8,10-11,13-14,18,20,22,28-30,52H,4-6,9,12,15-17,19,21H2,1-3H3,(H,44,53)(H,45,54)(H4,42,43,46,48,49)/t22-,28?,29+,30+,37+,38-,39+,40+/m1/s1. The van der Waals surface area contributed by atoms with E-state index in [0.717, 1.165) is 30.5 Å². The van der Waals surface area contributed by atoms with Crippen molar-refractivity contribution in [2.24, 2.45) is 23.2 Å². The van der Waals surface area contributed by atoms with E-state index in [2.05, 4.69) is 30.6 Å². The van der Waals surface area contributed by atoms with Gasteiger partial charge in [-0.2, -0.15) is 9.97 Å². The van der Waals surface area contributed by atoms with Gasteiger partial charge >= 0.3 is 0 Å². The van der Waals surface area contributed by atoms with Crippen LogP contribution in [0.25, 0.3) is 11.2 Å². The zero-order valence-electron chi connectivity index (χ0n) is 31.3. The van der Waals surface area contributed by atoms with Gasteiger partial charge in [0.05, 0.1) is 24.5 Å². The molecule has 3 saturated carbocycles. The van der Waals surface area contributed by atoms with Crippen molar-refractivity contribution in [3.8, 4) is 0 Å². The van der Waals surface area contributed by atoms with Crippen molar-refractivity contribution in [1.82, 2.24) is 30.6 Å². The summed E-state index contributed by atoms with van der Waals surface area (Å²) in [6, 6.07) is 7.28. The quantitative estimate of drug-likeness (QED) is 0.141. The van der Waals surface area contributed by atoms with Crippen molar-refractivity contribution in [3.63, 3.8) is 0 Å². The Kier molecular flexibility index (Phi) is 8.95. The largest absolute Gasteiger partial charge is 0.390 e. The zero-order valence-corrected chi connectivity index (χ0v) is 31.3. The Hall–Kier alpha value is -5.02. The zero-order chi connectivity index (χ0) is 38.9. The van der Waals surface area contributed by atoms with Gasteiger partial charge in [-0.25, -0.2) is 14.4 Å². The molecule has 2 aromatic heterocycles. The van der Waals surface area contributed by atoms with Crippen LogP contribution in [0.5, 0.6) is 0 Å². The number of carbonyl (C=O) groups excluding carboxylic acids is 3. The number of allylic oxidation sites excluding steroid dienone is 4. The summed E-state index contributed by atoms with van der Waals surface area (Å²) < 4.78 is 23.7. The molecule has 15 heteroatoms. The Morgan fingerprint density at radius 3 is 2.58 bits per heavy atom. The Morgan fingerprint density at radius 2 is 1.82 bits per heavy atom.